The van der Waals surface area contributed by atoms with Crippen molar-refractivity contribution in [2.24, 2.45) is 0 Å². The average Bonchev–Trinajstić information content (AvgIpc) is 2.63. The van der Waals surface area contributed by atoms with Crippen molar-refractivity contribution in [3.8, 4) is 11.5 Å². The molecule has 0 aromatic heterocycles. The van der Waals surface area contributed by atoms with Gasteiger partial charge in [0.25, 0.3) is 0 Å². The van der Waals surface area contributed by atoms with Crippen LogP contribution in [0.15, 0.2) is 24.3 Å². The van der Waals surface area contributed by atoms with Gasteiger partial charge in [-0.1, -0.05) is 53.7 Å². The number of hydrogen-bond donors (Lipinski definition) is 2. The van der Waals surface area contributed by atoms with Crippen LogP contribution in [-0.4, -0.2) is 24.4 Å². The van der Waals surface area contributed by atoms with Crippen LogP contribution in [0.4, 0.5) is 0 Å². The first kappa shape index (κ1) is 24.2. The molecule has 2 aromatic carbocycles. The molecule has 0 saturated carbocycles. The Balaban J connectivity index is 2.66. The molecular weight excluding hydrogens is 376 g/mol. The van der Waals surface area contributed by atoms with E-state index in [0.29, 0.717) is 22.6 Å². The fraction of sp³-hybridized carbons (Fsp3) is 0.538. The molecule has 4 nitrogen and oxygen atoms in total. The van der Waals surface area contributed by atoms with Crippen molar-refractivity contribution in [2.75, 3.05) is 14.2 Å². The third kappa shape index (κ3) is 4.81. The molecule has 0 aliphatic carbocycles. The molecule has 2 atom stereocenters. The zero-order chi connectivity index (χ0) is 23.0. The van der Waals surface area contributed by atoms with E-state index in [9.17, 15) is 10.2 Å². The molecule has 0 saturated heterocycles. The highest BCUT2D eigenvalue weighted by Crippen LogP contribution is 2.43. The van der Waals surface area contributed by atoms with Gasteiger partial charge in [0, 0.05) is 11.1 Å². The van der Waals surface area contributed by atoms with Gasteiger partial charge >= 0.3 is 0 Å². The third-order valence-corrected chi connectivity index (χ3v) is 5.68. The van der Waals surface area contributed by atoms with Gasteiger partial charge in [0.1, 0.15) is 23.7 Å². The number of aryl methyl sites for hydroxylation is 2. The zero-order valence-corrected chi connectivity index (χ0v) is 20.2. The lowest BCUT2D eigenvalue weighted by atomic mass is 9.81. The lowest BCUT2D eigenvalue weighted by Gasteiger charge is -2.28. The molecule has 166 valence electrons. The molecule has 0 amide bonds. The Kier molecular flexibility index (Phi) is 6.95. The van der Waals surface area contributed by atoms with Crippen LogP contribution < -0.4 is 9.47 Å². The number of methoxy groups -OCH3 is 2. The van der Waals surface area contributed by atoms with Crippen molar-refractivity contribution in [1.29, 1.82) is 0 Å². The molecule has 0 aliphatic heterocycles. The van der Waals surface area contributed by atoms with Crippen molar-refractivity contribution in [1.82, 2.24) is 0 Å². The molecule has 0 aliphatic rings. The number of aliphatic hydroxyl groups excluding tert-OH is 2. The van der Waals surface area contributed by atoms with Crippen LogP contribution in [0, 0.1) is 13.8 Å². The van der Waals surface area contributed by atoms with E-state index in [0.717, 1.165) is 22.3 Å². The SMILES string of the molecule is COc1c(C)cc(C(C)(C)C)cc1C(O)C(O)c1cc(C(C)(C)C)cc(C)c1OC. The van der Waals surface area contributed by atoms with E-state index in [1.165, 1.54) is 0 Å². The lowest BCUT2D eigenvalue weighted by molar-refractivity contribution is 0.0142. The van der Waals surface area contributed by atoms with Crippen LogP contribution in [0.1, 0.15) is 87.1 Å². The molecule has 4 heteroatoms. The summed E-state index contributed by atoms with van der Waals surface area (Å²) < 4.78 is 11.2. The molecule has 0 bridgehead atoms. The maximum Gasteiger partial charge on any atom is 0.127 e. The van der Waals surface area contributed by atoms with Gasteiger partial charge in [-0.15, -0.1) is 0 Å². The van der Waals surface area contributed by atoms with Gasteiger partial charge in [-0.3, -0.25) is 0 Å². The number of hydrogen-bond acceptors (Lipinski definition) is 4. The van der Waals surface area contributed by atoms with Crippen LogP contribution in [0.25, 0.3) is 0 Å². The van der Waals surface area contributed by atoms with E-state index in [4.69, 9.17) is 9.47 Å². The van der Waals surface area contributed by atoms with Crippen LogP contribution >= 0.6 is 0 Å². The molecule has 30 heavy (non-hydrogen) atoms. The highest BCUT2D eigenvalue weighted by Gasteiger charge is 2.30. The predicted molar refractivity (Wildman–Crippen MR) is 123 cm³/mol. The fourth-order valence-electron chi connectivity index (χ4n) is 3.81. The normalized spacial score (nSPS) is 14.4. The molecule has 0 heterocycles. The van der Waals surface area contributed by atoms with Crippen molar-refractivity contribution < 1.29 is 19.7 Å². The Morgan fingerprint density at radius 1 is 0.633 bits per heavy atom. The van der Waals surface area contributed by atoms with E-state index in [1.807, 2.05) is 26.0 Å². The van der Waals surface area contributed by atoms with E-state index < -0.39 is 12.2 Å². The van der Waals surface area contributed by atoms with E-state index in [2.05, 4.69) is 53.7 Å². The van der Waals surface area contributed by atoms with Crippen LogP contribution in [0.2, 0.25) is 0 Å². The zero-order valence-electron chi connectivity index (χ0n) is 20.2. The molecule has 2 N–H and O–H groups in total. The Labute approximate surface area is 181 Å². The maximum absolute atomic E-state index is 11.3. The standard InChI is InChI=1S/C26H38O4/c1-15-11-17(25(3,4)5)13-19(23(15)29-9)21(27)22(28)20-14-18(26(6,7)8)12-16(2)24(20)30-10/h11-14,21-22,27-28H,1-10H3. The van der Waals surface area contributed by atoms with Gasteiger partial charge < -0.3 is 19.7 Å². The summed E-state index contributed by atoms with van der Waals surface area (Å²) in [5.74, 6) is 1.19. The largest absolute Gasteiger partial charge is 0.496 e. The van der Waals surface area contributed by atoms with Gasteiger partial charge in [-0.2, -0.15) is 0 Å². The minimum Gasteiger partial charge on any atom is -0.496 e. The first-order valence-electron chi connectivity index (χ1n) is 10.5. The maximum atomic E-state index is 11.3. The summed E-state index contributed by atoms with van der Waals surface area (Å²) in [4.78, 5) is 0. The fourth-order valence-corrected chi connectivity index (χ4v) is 3.81. The number of rotatable bonds is 5. The molecule has 2 rings (SSSR count). The summed E-state index contributed by atoms with van der Waals surface area (Å²) in [6, 6.07) is 8.03. The number of ether oxygens (including phenoxy) is 2. The van der Waals surface area contributed by atoms with E-state index >= 15 is 0 Å². The predicted octanol–water partition coefficient (Wildman–Crippen LogP) is 5.68. The smallest absolute Gasteiger partial charge is 0.127 e. The second kappa shape index (κ2) is 8.60. The Bertz CT molecular complexity index is 825. The third-order valence-electron chi connectivity index (χ3n) is 5.68. The summed E-state index contributed by atoms with van der Waals surface area (Å²) in [6.07, 6.45) is -2.33. The van der Waals surface area contributed by atoms with Crippen molar-refractivity contribution in [3.05, 3.63) is 57.6 Å². The van der Waals surface area contributed by atoms with Crippen LogP contribution in [0.5, 0.6) is 11.5 Å². The molecule has 2 aromatic rings. The average molecular weight is 415 g/mol. The monoisotopic (exact) mass is 414 g/mol. The first-order valence-corrected chi connectivity index (χ1v) is 10.5. The Hall–Kier alpha value is -2.04. The lowest BCUT2D eigenvalue weighted by Crippen LogP contribution is -2.18. The minimum absolute atomic E-state index is 0.100. The molecule has 0 fully saturated rings. The highest BCUT2D eigenvalue weighted by atomic mass is 16.5. The van der Waals surface area contributed by atoms with Gasteiger partial charge in [-0.25, -0.2) is 0 Å². The minimum atomic E-state index is -1.16. The summed E-state index contributed by atoms with van der Waals surface area (Å²) in [6.45, 7) is 16.7. The van der Waals surface area contributed by atoms with Crippen molar-refractivity contribution in [3.63, 3.8) is 0 Å². The summed E-state index contributed by atoms with van der Waals surface area (Å²) in [5, 5.41) is 22.6. The molecular formula is C26H38O4. The molecule has 2 unspecified atom stereocenters. The number of aliphatic hydroxyl groups is 2. The van der Waals surface area contributed by atoms with Gasteiger partial charge in [0.15, 0.2) is 0 Å². The Morgan fingerprint density at radius 3 is 1.17 bits per heavy atom. The topological polar surface area (TPSA) is 58.9 Å². The Morgan fingerprint density at radius 2 is 0.933 bits per heavy atom. The second-order valence-electron chi connectivity index (χ2n) is 10.2. The molecule has 0 radical (unpaired) electrons. The van der Waals surface area contributed by atoms with Crippen molar-refractivity contribution in [2.45, 2.75) is 78.4 Å². The van der Waals surface area contributed by atoms with E-state index in [1.54, 1.807) is 14.2 Å². The summed E-state index contributed by atoms with van der Waals surface area (Å²) >= 11 is 0. The summed E-state index contributed by atoms with van der Waals surface area (Å²) in [5.41, 5.74) is 4.97. The highest BCUT2D eigenvalue weighted by molar-refractivity contribution is 5.51. The van der Waals surface area contributed by atoms with Crippen LogP contribution in [-0.2, 0) is 10.8 Å². The van der Waals surface area contributed by atoms with Gasteiger partial charge in [-0.05, 0) is 59.1 Å². The van der Waals surface area contributed by atoms with Gasteiger partial charge in [0.2, 0.25) is 0 Å². The molecule has 0 spiro atoms. The van der Waals surface area contributed by atoms with Crippen molar-refractivity contribution >= 4 is 0 Å². The summed E-state index contributed by atoms with van der Waals surface area (Å²) in [7, 11) is 3.18. The van der Waals surface area contributed by atoms with Crippen LogP contribution in [0.3, 0.4) is 0 Å². The van der Waals surface area contributed by atoms with Gasteiger partial charge in [0.05, 0.1) is 14.2 Å². The second-order valence-corrected chi connectivity index (χ2v) is 10.2. The van der Waals surface area contributed by atoms with E-state index in [-0.39, 0.29) is 10.8 Å². The number of benzene rings is 2. The quantitative estimate of drug-likeness (QED) is 0.660. The first-order chi connectivity index (χ1) is 13.7.